The molecule has 3 aromatic rings. The number of H-pyrrole nitrogens is 1. The van der Waals surface area contributed by atoms with Crippen molar-refractivity contribution in [2.24, 2.45) is 11.8 Å². The van der Waals surface area contributed by atoms with E-state index in [1.165, 1.54) is 16.7 Å². The van der Waals surface area contributed by atoms with Crippen LogP contribution in [0.3, 0.4) is 0 Å². The average Bonchev–Trinajstić information content (AvgIpc) is 3.46. The number of fused-ring (bicyclic) bond motifs is 2. The molecule has 0 aliphatic carbocycles. The monoisotopic (exact) mass is 430 g/mol. The number of nitrogens with zero attached hydrogens (tertiary/aromatic N) is 2. The van der Waals surface area contributed by atoms with Gasteiger partial charge in [0.25, 0.3) is 5.91 Å². The van der Waals surface area contributed by atoms with Crippen molar-refractivity contribution in [2.75, 3.05) is 32.7 Å². The van der Waals surface area contributed by atoms with Crippen LogP contribution in [0.4, 0.5) is 0 Å². The van der Waals surface area contributed by atoms with Crippen LogP contribution in [0, 0.1) is 25.7 Å². The Labute approximate surface area is 188 Å². The van der Waals surface area contributed by atoms with Gasteiger partial charge in [0.05, 0.1) is 6.54 Å². The molecule has 32 heavy (non-hydrogen) atoms. The third kappa shape index (κ3) is 4.15. The number of carbonyl (C=O) groups excluding carboxylic acids is 2. The third-order valence-corrected chi connectivity index (χ3v) is 6.98. The molecule has 2 amide bonds. The predicted octanol–water partition coefficient (Wildman–Crippen LogP) is 3.10. The summed E-state index contributed by atoms with van der Waals surface area (Å²) < 4.78 is 0. The summed E-state index contributed by atoms with van der Waals surface area (Å²) in [6.07, 6.45) is 0. The van der Waals surface area contributed by atoms with E-state index >= 15 is 0 Å². The number of para-hydroxylation sites is 1. The Morgan fingerprint density at radius 2 is 1.75 bits per heavy atom. The Bertz CT molecular complexity index is 1120. The first-order valence-electron chi connectivity index (χ1n) is 11.4. The highest BCUT2D eigenvalue weighted by Crippen LogP contribution is 2.32. The van der Waals surface area contributed by atoms with E-state index in [1.807, 2.05) is 35.2 Å². The van der Waals surface area contributed by atoms with Crippen molar-refractivity contribution in [3.63, 3.8) is 0 Å². The van der Waals surface area contributed by atoms with Gasteiger partial charge in [0, 0.05) is 43.6 Å². The number of nitrogens with one attached hydrogen (secondary N) is 2. The molecule has 6 heteroatoms. The molecule has 2 unspecified atom stereocenters. The minimum atomic E-state index is -0.242. The molecule has 2 fully saturated rings. The van der Waals surface area contributed by atoms with Crippen LogP contribution in [0.5, 0.6) is 0 Å². The maximum atomic E-state index is 12.7. The number of hydrogen-bond acceptors (Lipinski definition) is 3. The van der Waals surface area contributed by atoms with Crippen LogP contribution in [0.2, 0.25) is 0 Å². The smallest absolute Gasteiger partial charge is 0.268 e. The molecular formula is C26H30N4O2. The first-order valence-corrected chi connectivity index (χ1v) is 11.4. The van der Waals surface area contributed by atoms with Gasteiger partial charge < -0.3 is 15.2 Å². The molecule has 0 bridgehead atoms. The highest BCUT2D eigenvalue weighted by Gasteiger charge is 2.41. The zero-order valence-corrected chi connectivity index (χ0v) is 18.7. The van der Waals surface area contributed by atoms with Crippen molar-refractivity contribution in [2.45, 2.75) is 20.4 Å². The molecule has 166 valence electrons. The van der Waals surface area contributed by atoms with Crippen LogP contribution in [-0.2, 0) is 11.3 Å². The Morgan fingerprint density at radius 3 is 2.47 bits per heavy atom. The zero-order chi connectivity index (χ0) is 22.2. The fourth-order valence-corrected chi connectivity index (χ4v) is 5.25. The van der Waals surface area contributed by atoms with Crippen LogP contribution < -0.4 is 5.32 Å². The Balaban J connectivity index is 1.11. The van der Waals surface area contributed by atoms with E-state index in [-0.39, 0.29) is 18.4 Å². The summed E-state index contributed by atoms with van der Waals surface area (Å²) >= 11 is 0. The fourth-order valence-electron chi connectivity index (χ4n) is 5.25. The van der Waals surface area contributed by atoms with Crippen LogP contribution in [0.25, 0.3) is 10.9 Å². The molecule has 0 saturated carbocycles. The summed E-state index contributed by atoms with van der Waals surface area (Å²) in [5.74, 6) is 0.807. The number of amides is 2. The summed E-state index contributed by atoms with van der Waals surface area (Å²) in [6.45, 7) is 8.97. The van der Waals surface area contributed by atoms with Gasteiger partial charge in [-0.25, -0.2) is 0 Å². The SMILES string of the molecule is Cc1ccc(CN2CC3CN(C(=O)CNC(=O)c4cc5ccccc5[nH]4)CC3C2)c(C)c1. The number of hydrogen-bond donors (Lipinski definition) is 2. The van der Waals surface area contributed by atoms with Gasteiger partial charge in [-0.3, -0.25) is 14.5 Å². The highest BCUT2D eigenvalue weighted by atomic mass is 16.2. The largest absolute Gasteiger partial charge is 0.351 e. The molecule has 0 spiro atoms. The summed E-state index contributed by atoms with van der Waals surface area (Å²) in [6, 6.07) is 16.3. The first kappa shape index (κ1) is 20.8. The number of aromatic nitrogens is 1. The van der Waals surface area contributed by atoms with Gasteiger partial charge in [-0.05, 0) is 48.9 Å². The van der Waals surface area contributed by atoms with Crippen molar-refractivity contribution >= 4 is 22.7 Å². The van der Waals surface area contributed by atoms with Crippen molar-refractivity contribution in [1.82, 2.24) is 20.1 Å². The van der Waals surface area contributed by atoms with Crippen molar-refractivity contribution in [3.8, 4) is 0 Å². The lowest BCUT2D eigenvalue weighted by molar-refractivity contribution is -0.129. The van der Waals surface area contributed by atoms with E-state index in [0.29, 0.717) is 17.5 Å². The van der Waals surface area contributed by atoms with E-state index in [4.69, 9.17) is 0 Å². The number of aryl methyl sites for hydroxylation is 2. The second-order valence-corrected chi connectivity index (χ2v) is 9.40. The van der Waals surface area contributed by atoms with E-state index in [0.717, 1.165) is 43.6 Å². The second kappa shape index (κ2) is 8.43. The van der Waals surface area contributed by atoms with Gasteiger partial charge in [0.15, 0.2) is 0 Å². The van der Waals surface area contributed by atoms with Crippen LogP contribution >= 0.6 is 0 Å². The maximum Gasteiger partial charge on any atom is 0.268 e. The van der Waals surface area contributed by atoms with Gasteiger partial charge >= 0.3 is 0 Å². The van der Waals surface area contributed by atoms with Gasteiger partial charge in [-0.1, -0.05) is 42.0 Å². The molecule has 2 N–H and O–H groups in total. The lowest BCUT2D eigenvalue weighted by atomic mass is 10.0. The van der Waals surface area contributed by atoms with E-state index < -0.39 is 0 Å². The summed E-state index contributed by atoms with van der Waals surface area (Å²) in [4.78, 5) is 32.8. The van der Waals surface area contributed by atoms with Crippen molar-refractivity contribution in [3.05, 3.63) is 70.9 Å². The quantitative estimate of drug-likeness (QED) is 0.654. The van der Waals surface area contributed by atoms with Gasteiger partial charge in [0.2, 0.25) is 5.91 Å². The van der Waals surface area contributed by atoms with Crippen molar-refractivity contribution < 1.29 is 9.59 Å². The Morgan fingerprint density at radius 1 is 1.00 bits per heavy atom. The van der Waals surface area contributed by atoms with E-state index in [1.54, 1.807) is 0 Å². The summed E-state index contributed by atoms with van der Waals surface area (Å²) in [5.41, 5.74) is 5.45. The average molecular weight is 431 g/mol. The predicted molar refractivity (Wildman–Crippen MR) is 125 cm³/mol. The minimum absolute atomic E-state index is 0.00444. The van der Waals surface area contributed by atoms with Crippen LogP contribution in [0.1, 0.15) is 27.2 Å². The lowest BCUT2D eigenvalue weighted by Crippen LogP contribution is -2.40. The molecular weight excluding hydrogens is 400 g/mol. The number of benzene rings is 2. The Kier molecular flexibility index (Phi) is 5.47. The van der Waals surface area contributed by atoms with E-state index in [2.05, 4.69) is 47.2 Å². The summed E-state index contributed by atoms with van der Waals surface area (Å²) in [5, 5.41) is 3.77. The summed E-state index contributed by atoms with van der Waals surface area (Å²) in [7, 11) is 0. The fraction of sp³-hybridized carbons (Fsp3) is 0.385. The topological polar surface area (TPSA) is 68.4 Å². The molecule has 1 aromatic heterocycles. The maximum absolute atomic E-state index is 12.7. The molecule has 2 saturated heterocycles. The third-order valence-electron chi connectivity index (χ3n) is 6.98. The molecule has 3 heterocycles. The minimum Gasteiger partial charge on any atom is -0.351 e. The van der Waals surface area contributed by atoms with Gasteiger partial charge in [0.1, 0.15) is 5.69 Å². The van der Waals surface area contributed by atoms with Crippen molar-refractivity contribution in [1.29, 1.82) is 0 Å². The van der Waals surface area contributed by atoms with E-state index in [9.17, 15) is 9.59 Å². The zero-order valence-electron chi connectivity index (χ0n) is 18.7. The second-order valence-electron chi connectivity index (χ2n) is 9.40. The first-order chi connectivity index (χ1) is 15.5. The molecule has 2 aliphatic heterocycles. The number of aromatic amines is 1. The normalized spacial score (nSPS) is 20.6. The number of likely N-dealkylation sites (tertiary alicyclic amines) is 2. The number of carbonyl (C=O) groups is 2. The lowest BCUT2D eigenvalue weighted by Gasteiger charge is -2.22. The van der Waals surface area contributed by atoms with Crippen LogP contribution in [-0.4, -0.2) is 59.3 Å². The standard InChI is InChI=1S/C26H30N4O2/c1-17-7-8-20(18(2)9-17)12-29-13-21-15-30(16-22(21)14-29)25(31)11-27-26(32)24-10-19-5-3-4-6-23(19)28-24/h3-10,21-22,28H,11-16H2,1-2H3,(H,27,32). The molecule has 2 aliphatic rings. The molecule has 2 atom stereocenters. The molecule has 0 radical (unpaired) electrons. The van der Waals surface area contributed by atoms with Crippen LogP contribution in [0.15, 0.2) is 48.5 Å². The molecule has 6 nitrogen and oxygen atoms in total. The number of rotatable bonds is 5. The molecule has 5 rings (SSSR count). The highest BCUT2D eigenvalue weighted by molar-refractivity contribution is 5.99. The molecule has 2 aromatic carbocycles. The Hall–Kier alpha value is -3.12. The van der Waals surface area contributed by atoms with Gasteiger partial charge in [-0.15, -0.1) is 0 Å². The van der Waals surface area contributed by atoms with Gasteiger partial charge in [-0.2, -0.15) is 0 Å².